The smallest absolute Gasteiger partial charge is 0.411 e. The van der Waals surface area contributed by atoms with Gasteiger partial charge in [0.15, 0.2) is 13.9 Å². The first kappa shape index (κ1) is 28.3. The molecule has 1 saturated heterocycles. The number of aliphatic hydroxyl groups excluding tert-OH is 1. The predicted octanol–water partition coefficient (Wildman–Crippen LogP) is 3.79. The molecular formula is C23H42N4O6Si. The second kappa shape index (κ2) is 9.94. The summed E-state index contributed by atoms with van der Waals surface area (Å²) >= 11 is 0. The van der Waals surface area contributed by atoms with Crippen LogP contribution in [0.3, 0.4) is 0 Å². The topological polar surface area (TPSA) is 127 Å². The van der Waals surface area contributed by atoms with E-state index < -0.39 is 43.6 Å². The van der Waals surface area contributed by atoms with Crippen LogP contribution in [0.2, 0.25) is 18.1 Å². The van der Waals surface area contributed by atoms with Crippen LogP contribution in [-0.2, 0) is 14.0 Å². The number of aliphatic hydroxyl groups is 1. The highest BCUT2D eigenvalue weighted by atomic mass is 28.4. The Morgan fingerprint density at radius 1 is 1.32 bits per heavy atom. The third-order valence-electron chi connectivity index (χ3n) is 6.89. The van der Waals surface area contributed by atoms with E-state index >= 15 is 0 Å². The summed E-state index contributed by atoms with van der Waals surface area (Å²) in [5.74, 6) is -0.317. The highest BCUT2D eigenvalue weighted by molar-refractivity contribution is 6.74. The molecule has 4 atom stereocenters. The molecule has 2 heterocycles. The molecule has 10 nitrogen and oxygen atoms in total. The van der Waals surface area contributed by atoms with Crippen LogP contribution in [0.25, 0.3) is 0 Å². The molecular weight excluding hydrogens is 456 g/mol. The van der Waals surface area contributed by atoms with Crippen molar-refractivity contribution in [3.05, 3.63) is 12.3 Å². The molecule has 1 aromatic heterocycles. The minimum absolute atomic E-state index is 0.0361. The first-order chi connectivity index (χ1) is 15.4. The summed E-state index contributed by atoms with van der Waals surface area (Å²) in [6, 6.07) is -1.03. The van der Waals surface area contributed by atoms with Crippen molar-refractivity contribution < 1.29 is 28.3 Å². The van der Waals surface area contributed by atoms with Gasteiger partial charge in [-0.25, -0.2) is 4.79 Å². The van der Waals surface area contributed by atoms with E-state index in [4.69, 9.17) is 13.6 Å². The molecule has 1 aliphatic heterocycles. The van der Waals surface area contributed by atoms with Crippen LogP contribution in [0.1, 0.15) is 80.2 Å². The van der Waals surface area contributed by atoms with Gasteiger partial charge in [-0.2, -0.15) is 0 Å². The average Bonchev–Trinajstić information content (AvgIpc) is 3.31. The van der Waals surface area contributed by atoms with Crippen molar-refractivity contribution in [1.82, 2.24) is 20.4 Å². The van der Waals surface area contributed by atoms with Crippen LogP contribution in [-0.4, -0.2) is 70.4 Å². The molecule has 2 N–H and O–H groups in total. The van der Waals surface area contributed by atoms with Gasteiger partial charge in [0.25, 0.3) is 0 Å². The SMILES string of the molecule is CC1CCC(C(=O)NC(CO[Si](C)(C)C(C)(C)C)c2nnco2)(C(C)O)N1C(=O)OC(C)(C)C. The van der Waals surface area contributed by atoms with Crippen molar-refractivity contribution in [2.24, 2.45) is 0 Å². The number of hydrogen-bond acceptors (Lipinski definition) is 8. The first-order valence-corrected chi connectivity index (χ1v) is 14.7. The molecule has 0 radical (unpaired) electrons. The Hall–Kier alpha value is -1.98. The molecule has 0 bridgehead atoms. The number of carbonyl (C=O) groups is 2. The highest BCUT2D eigenvalue weighted by Crippen LogP contribution is 2.40. The van der Waals surface area contributed by atoms with Crippen molar-refractivity contribution in [3.8, 4) is 0 Å². The largest absolute Gasteiger partial charge is 0.444 e. The van der Waals surface area contributed by atoms with Crippen LogP contribution in [0.4, 0.5) is 4.79 Å². The molecule has 4 unspecified atom stereocenters. The Balaban J connectivity index is 2.36. The minimum atomic E-state index is -2.15. The Morgan fingerprint density at radius 2 is 1.94 bits per heavy atom. The van der Waals surface area contributed by atoms with Crippen LogP contribution < -0.4 is 5.32 Å². The average molecular weight is 499 g/mol. The molecule has 194 valence electrons. The van der Waals surface area contributed by atoms with E-state index in [1.807, 2.05) is 6.92 Å². The third kappa shape index (κ3) is 5.98. The van der Waals surface area contributed by atoms with E-state index in [-0.39, 0.29) is 30.0 Å². The van der Waals surface area contributed by atoms with E-state index in [1.165, 1.54) is 18.2 Å². The van der Waals surface area contributed by atoms with Gasteiger partial charge in [0.1, 0.15) is 11.6 Å². The number of nitrogens with one attached hydrogen (secondary N) is 1. The zero-order valence-corrected chi connectivity index (χ0v) is 23.3. The minimum Gasteiger partial charge on any atom is -0.444 e. The second-order valence-electron chi connectivity index (χ2n) is 11.7. The number of rotatable bonds is 7. The third-order valence-corrected chi connectivity index (χ3v) is 11.4. The van der Waals surface area contributed by atoms with Gasteiger partial charge >= 0.3 is 6.09 Å². The maximum Gasteiger partial charge on any atom is 0.411 e. The Morgan fingerprint density at radius 3 is 2.41 bits per heavy atom. The van der Waals surface area contributed by atoms with Gasteiger partial charge in [-0.05, 0) is 65.6 Å². The van der Waals surface area contributed by atoms with Crippen molar-refractivity contribution in [2.45, 2.75) is 116 Å². The van der Waals surface area contributed by atoms with Crippen molar-refractivity contribution in [3.63, 3.8) is 0 Å². The first-order valence-electron chi connectivity index (χ1n) is 11.8. The second-order valence-corrected chi connectivity index (χ2v) is 16.5. The molecule has 11 heteroatoms. The Bertz CT molecular complexity index is 847. The molecule has 1 aliphatic rings. The molecule has 2 rings (SSSR count). The number of amides is 2. The van der Waals surface area contributed by atoms with Crippen LogP contribution in [0.5, 0.6) is 0 Å². The van der Waals surface area contributed by atoms with Gasteiger partial charge in [0.2, 0.25) is 18.2 Å². The quantitative estimate of drug-likeness (QED) is 0.544. The van der Waals surface area contributed by atoms with Crippen molar-refractivity contribution in [2.75, 3.05) is 6.61 Å². The standard InChI is InChI=1S/C23H42N4O6Si/c1-15-11-12-23(16(2)28,27(15)20(30)33-21(3,4)5)19(29)25-17(18-26-24-14-31-18)13-32-34(9,10)22(6,7)8/h14-17,28H,11-13H2,1-10H3,(H,25,29). The normalized spacial score (nSPS) is 23.5. The fraction of sp³-hybridized carbons (Fsp3) is 0.826. The number of hydrogen-bond donors (Lipinski definition) is 2. The number of likely N-dealkylation sites (tertiary alicyclic amines) is 1. The van der Waals surface area contributed by atoms with Gasteiger partial charge in [-0.15, -0.1) is 10.2 Å². The number of nitrogens with zero attached hydrogens (tertiary/aromatic N) is 3. The zero-order valence-electron chi connectivity index (χ0n) is 22.3. The Kier molecular flexibility index (Phi) is 8.26. The molecule has 2 amide bonds. The summed E-state index contributed by atoms with van der Waals surface area (Å²) in [7, 11) is -2.15. The van der Waals surface area contributed by atoms with E-state index in [0.29, 0.717) is 6.42 Å². The summed E-state index contributed by atoms with van der Waals surface area (Å²) < 4.78 is 17.3. The summed E-state index contributed by atoms with van der Waals surface area (Å²) in [5, 5.41) is 21.4. The summed E-state index contributed by atoms with van der Waals surface area (Å²) in [4.78, 5) is 28.3. The van der Waals surface area contributed by atoms with Crippen molar-refractivity contribution >= 4 is 20.3 Å². The lowest BCUT2D eigenvalue weighted by Crippen LogP contribution is -2.65. The predicted molar refractivity (Wildman–Crippen MR) is 130 cm³/mol. The van der Waals surface area contributed by atoms with Crippen LogP contribution in [0.15, 0.2) is 10.8 Å². The molecule has 0 saturated carbocycles. The monoisotopic (exact) mass is 498 g/mol. The summed E-state index contributed by atoms with van der Waals surface area (Å²) in [6.45, 7) is 19.4. The van der Waals surface area contributed by atoms with E-state index in [0.717, 1.165) is 0 Å². The van der Waals surface area contributed by atoms with E-state index in [1.54, 1.807) is 20.8 Å². The number of ether oxygens (including phenoxy) is 1. The molecule has 34 heavy (non-hydrogen) atoms. The summed E-state index contributed by atoms with van der Waals surface area (Å²) in [5.41, 5.74) is -2.25. The Labute approximate surface area is 203 Å². The zero-order chi connectivity index (χ0) is 26.1. The lowest BCUT2D eigenvalue weighted by atomic mass is 9.88. The van der Waals surface area contributed by atoms with Gasteiger partial charge in [-0.3, -0.25) is 9.69 Å². The molecule has 0 aliphatic carbocycles. The van der Waals surface area contributed by atoms with Crippen LogP contribution in [0, 0.1) is 0 Å². The molecule has 0 aromatic carbocycles. The number of carbonyl (C=O) groups excluding carboxylic acids is 2. The van der Waals surface area contributed by atoms with Gasteiger partial charge in [-0.1, -0.05) is 20.8 Å². The summed E-state index contributed by atoms with van der Waals surface area (Å²) in [6.07, 6.45) is 0.241. The maximum absolute atomic E-state index is 13.8. The highest BCUT2D eigenvalue weighted by Gasteiger charge is 2.57. The fourth-order valence-electron chi connectivity index (χ4n) is 3.85. The molecule has 0 spiro atoms. The fourth-order valence-corrected chi connectivity index (χ4v) is 4.86. The van der Waals surface area contributed by atoms with Gasteiger partial charge in [0.05, 0.1) is 12.7 Å². The van der Waals surface area contributed by atoms with Gasteiger partial charge in [0, 0.05) is 6.04 Å². The molecule has 1 aromatic rings. The molecule has 1 fully saturated rings. The lowest BCUT2D eigenvalue weighted by molar-refractivity contribution is -0.140. The van der Waals surface area contributed by atoms with E-state index in [2.05, 4.69) is 49.4 Å². The van der Waals surface area contributed by atoms with E-state index in [9.17, 15) is 14.7 Å². The maximum atomic E-state index is 13.8. The number of aromatic nitrogens is 2. The lowest BCUT2D eigenvalue weighted by Gasteiger charge is -2.42. The van der Waals surface area contributed by atoms with Crippen LogP contribution >= 0.6 is 0 Å². The van der Waals surface area contributed by atoms with Gasteiger partial charge < -0.3 is 24.0 Å². The van der Waals surface area contributed by atoms with Crippen molar-refractivity contribution in [1.29, 1.82) is 0 Å².